The van der Waals surface area contributed by atoms with Gasteiger partial charge in [0.15, 0.2) is 5.82 Å². The molecule has 1 aromatic carbocycles. The lowest BCUT2D eigenvalue weighted by atomic mass is 10.0. The van der Waals surface area contributed by atoms with Gasteiger partial charge in [-0.1, -0.05) is 34.4 Å². The van der Waals surface area contributed by atoms with Gasteiger partial charge in [-0.15, -0.1) is 0 Å². The topological polar surface area (TPSA) is 67.1 Å². The first-order valence-electron chi connectivity index (χ1n) is 9.27. The molecular formula is C20H21Cl2N5O. The predicted octanol–water partition coefficient (Wildman–Crippen LogP) is 4.82. The average Bonchev–Trinajstić information content (AvgIpc) is 3.13. The summed E-state index contributed by atoms with van der Waals surface area (Å²) < 4.78 is 5.31. The maximum absolute atomic E-state index is 6.13. The molecule has 3 heterocycles. The summed E-state index contributed by atoms with van der Waals surface area (Å²) in [5.74, 6) is 1.89. The molecule has 0 radical (unpaired) electrons. The zero-order valence-corrected chi connectivity index (χ0v) is 17.0. The van der Waals surface area contributed by atoms with Crippen LogP contribution in [0.1, 0.15) is 24.2 Å². The first kappa shape index (κ1) is 19.2. The van der Waals surface area contributed by atoms with E-state index in [1.165, 1.54) is 5.56 Å². The van der Waals surface area contributed by atoms with Crippen molar-refractivity contribution >= 4 is 29.0 Å². The molecule has 28 heavy (non-hydrogen) atoms. The van der Waals surface area contributed by atoms with Crippen molar-refractivity contribution in [1.82, 2.24) is 20.0 Å². The van der Waals surface area contributed by atoms with Crippen LogP contribution >= 0.6 is 23.2 Å². The second-order valence-electron chi connectivity index (χ2n) is 6.99. The number of benzene rings is 1. The van der Waals surface area contributed by atoms with Gasteiger partial charge in [0.05, 0.1) is 15.6 Å². The van der Waals surface area contributed by atoms with Gasteiger partial charge in [-0.3, -0.25) is 4.90 Å². The van der Waals surface area contributed by atoms with Gasteiger partial charge in [0.2, 0.25) is 0 Å². The van der Waals surface area contributed by atoms with Gasteiger partial charge in [0.25, 0.3) is 5.89 Å². The minimum atomic E-state index is 0.350. The fraction of sp³-hybridized carbons (Fsp3) is 0.350. The fourth-order valence-electron chi connectivity index (χ4n) is 3.42. The number of halogens is 2. The second kappa shape index (κ2) is 8.47. The Morgan fingerprint density at radius 1 is 1.18 bits per heavy atom. The van der Waals surface area contributed by atoms with Crippen LogP contribution in [0.25, 0.3) is 11.5 Å². The average molecular weight is 418 g/mol. The molecule has 0 unspecified atom stereocenters. The number of hydrogen-bond donors (Lipinski definition) is 1. The minimum absolute atomic E-state index is 0.350. The summed E-state index contributed by atoms with van der Waals surface area (Å²) >= 11 is 12.1. The number of likely N-dealkylation sites (tertiary alicyclic amines) is 1. The quantitative estimate of drug-likeness (QED) is 0.641. The number of aromatic nitrogens is 3. The van der Waals surface area contributed by atoms with Crippen LogP contribution in [0, 0.1) is 6.92 Å². The summed E-state index contributed by atoms with van der Waals surface area (Å²) in [4.78, 5) is 11.2. The summed E-state index contributed by atoms with van der Waals surface area (Å²) in [5.41, 5.74) is 2.01. The Morgan fingerprint density at radius 3 is 2.71 bits per heavy atom. The molecule has 3 aromatic rings. The molecule has 146 valence electrons. The van der Waals surface area contributed by atoms with E-state index in [0.717, 1.165) is 43.9 Å². The van der Waals surface area contributed by atoms with Crippen molar-refractivity contribution in [2.75, 3.05) is 18.4 Å². The van der Waals surface area contributed by atoms with Gasteiger partial charge < -0.3 is 9.84 Å². The minimum Gasteiger partial charge on any atom is -0.367 e. The van der Waals surface area contributed by atoms with Gasteiger partial charge in [-0.25, -0.2) is 4.98 Å². The van der Waals surface area contributed by atoms with Crippen molar-refractivity contribution in [2.45, 2.75) is 32.4 Å². The van der Waals surface area contributed by atoms with E-state index in [4.69, 9.17) is 27.7 Å². The molecule has 6 nitrogen and oxygen atoms in total. The highest BCUT2D eigenvalue weighted by molar-refractivity contribution is 6.42. The highest BCUT2D eigenvalue weighted by atomic mass is 35.5. The monoisotopic (exact) mass is 417 g/mol. The third-order valence-electron chi connectivity index (χ3n) is 4.88. The first-order chi connectivity index (χ1) is 13.6. The Hall–Kier alpha value is -2.15. The van der Waals surface area contributed by atoms with Crippen molar-refractivity contribution in [3.05, 3.63) is 58.0 Å². The molecule has 0 aliphatic carbocycles. The van der Waals surface area contributed by atoms with Gasteiger partial charge in [0.1, 0.15) is 5.82 Å². The van der Waals surface area contributed by atoms with Crippen LogP contribution < -0.4 is 5.32 Å². The Kier molecular flexibility index (Phi) is 5.80. The van der Waals surface area contributed by atoms with Crippen LogP contribution in [0.3, 0.4) is 0 Å². The Balaban J connectivity index is 1.37. The molecule has 1 aliphatic rings. The summed E-state index contributed by atoms with van der Waals surface area (Å²) in [5, 5.41) is 8.63. The molecule has 0 spiro atoms. The summed E-state index contributed by atoms with van der Waals surface area (Å²) in [6, 6.07) is 10.0. The third-order valence-corrected chi connectivity index (χ3v) is 5.62. The van der Waals surface area contributed by atoms with E-state index in [2.05, 4.69) is 25.3 Å². The molecule has 0 bridgehead atoms. The number of anilines is 1. The van der Waals surface area contributed by atoms with Crippen LogP contribution in [0.4, 0.5) is 5.82 Å². The molecule has 2 aromatic heterocycles. The van der Waals surface area contributed by atoms with E-state index in [1.54, 1.807) is 13.1 Å². The number of nitrogens with one attached hydrogen (secondary N) is 1. The van der Waals surface area contributed by atoms with E-state index in [1.807, 2.05) is 30.3 Å². The van der Waals surface area contributed by atoms with Gasteiger partial charge in [-0.2, -0.15) is 4.98 Å². The highest BCUT2D eigenvalue weighted by Gasteiger charge is 2.21. The normalized spacial score (nSPS) is 15.7. The zero-order valence-electron chi connectivity index (χ0n) is 15.5. The maximum atomic E-state index is 6.13. The van der Waals surface area contributed by atoms with Crippen LogP contribution in [0.2, 0.25) is 10.0 Å². The van der Waals surface area contributed by atoms with Crippen LogP contribution in [0.15, 0.2) is 41.1 Å². The number of hydrogen-bond acceptors (Lipinski definition) is 6. The molecule has 1 aliphatic heterocycles. The second-order valence-corrected chi connectivity index (χ2v) is 7.80. The van der Waals surface area contributed by atoms with Crippen molar-refractivity contribution in [3.63, 3.8) is 0 Å². The van der Waals surface area contributed by atoms with Gasteiger partial charge >= 0.3 is 0 Å². The number of aryl methyl sites for hydroxylation is 1. The number of piperidine rings is 1. The van der Waals surface area contributed by atoms with Gasteiger partial charge in [-0.05, 0) is 49.6 Å². The van der Waals surface area contributed by atoms with Gasteiger partial charge in [0, 0.05) is 31.9 Å². The summed E-state index contributed by atoms with van der Waals surface area (Å²) in [6.45, 7) is 4.68. The molecule has 0 amide bonds. The predicted molar refractivity (Wildman–Crippen MR) is 111 cm³/mol. The van der Waals surface area contributed by atoms with Crippen LogP contribution in [-0.2, 0) is 6.54 Å². The maximum Gasteiger partial charge on any atom is 0.261 e. The zero-order chi connectivity index (χ0) is 19.5. The van der Waals surface area contributed by atoms with Crippen molar-refractivity contribution in [3.8, 4) is 11.5 Å². The highest BCUT2D eigenvalue weighted by Crippen LogP contribution is 2.27. The third kappa shape index (κ3) is 4.46. The Morgan fingerprint density at radius 2 is 2.00 bits per heavy atom. The van der Waals surface area contributed by atoms with Crippen molar-refractivity contribution in [1.29, 1.82) is 0 Å². The van der Waals surface area contributed by atoms with E-state index in [0.29, 0.717) is 27.8 Å². The Bertz CT molecular complexity index is 953. The van der Waals surface area contributed by atoms with Crippen molar-refractivity contribution in [2.24, 2.45) is 0 Å². The summed E-state index contributed by atoms with van der Waals surface area (Å²) in [7, 11) is 0. The summed E-state index contributed by atoms with van der Waals surface area (Å²) in [6.07, 6.45) is 3.83. The largest absolute Gasteiger partial charge is 0.367 e. The Labute approximate surface area is 173 Å². The van der Waals surface area contributed by atoms with E-state index in [9.17, 15) is 0 Å². The lowest BCUT2D eigenvalue weighted by molar-refractivity contribution is 0.211. The fourth-order valence-corrected chi connectivity index (χ4v) is 3.75. The lowest BCUT2D eigenvalue weighted by Crippen LogP contribution is -2.38. The smallest absolute Gasteiger partial charge is 0.261 e. The number of rotatable bonds is 5. The number of nitrogens with zero attached hydrogens (tertiary/aromatic N) is 4. The van der Waals surface area contributed by atoms with E-state index < -0.39 is 0 Å². The lowest BCUT2D eigenvalue weighted by Gasteiger charge is -2.32. The van der Waals surface area contributed by atoms with Crippen LogP contribution in [0.5, 0.6) is 0 Å². The number of pyridine rings is 1. The molecule has 0 saturated carbocycles. The van der Waals surface area contributed by atoms with Crippen molar-refractivity contribution < 1.29 is 4.52 Å². The standard InChI is InChI=1S/C20H21Cl2N5O/c1-13-24-20(28-26-13)16-3-2-8-23-19(16)25-15-6-9-27(10-7-15)12-14-4-5-17(21)18(22)11-14/h2-5,8,11,15H,6-7,9-10,12H2,1H3,(H,23,25). The van der Waals surface area contributed by atoms with Crippen LogP contribution in [-0.4, -0.2) is 39.2 Å². The molecule has 4 rings (SSSR count). The SMILES string of the molecule is Cc1noc(-c2cccnc2NC2CCN(Cc3ccc(Cl)c(Cl)c3)CC2)n1. The molecule has 1 fully saturated rings. The van der Waals surface area contributed by atoms with E-state index >= 15 is 0 Å². The molecule has 8 heteroatoms. The molecule has 0 atom stereocenters. The molecular weight excluding hydrogens is 397 g/mol. The molecule has 1 saturated heterocycles. The molecule has 1 N–H and O–H groups in total. The van der Waals surface area contributed by atoms with E-state index in [-0.39, 0.29) is 0 Å². The first-order valence-corrected chi connectivity index (χ1v) is 10.0.